The summed E-state index contributed by atoms with van der Waals surface area (Å²) in [6, 6.07) is 12.0. The first-order valence-electron chi connectivity index (χ1n) is 8.10. The topological polar surface area (TPSA) is 83.6 Å². The molecule has 3 aromatic rings. The number of aromatic nitrogens is 4. The van der Waals surface area contributed by atoms with Crippen molar-refractivity contribution in [2.75, 3.05) is 5.32 Å². The van der Waals surface area contributed by atoms with Crippen LogP contribution in [0.1, 0.15) is 28.4 Å². The molecule has 140 valence electrons. The summed E-state index contributed by atoms with van der Waals surface area (Å²) in [6.07, 6.45) is -4.21. The summed E-state index contributed by atoms with van der Waals surface area (Å²) in [7, 11) is 0. The monoisotopic (exact) mass is 375 g/mol. The van der Waals surface area contributed by atoms with Crippen LogP contribution in [0.3, 0.4) is 0 Å². The van der Waals surface area contributed by atoms with Crippen molar-refractivity contribution in [1.29, 1.82) is 0 Å². The van der Waals surface area contributed by atoms with Crippen molar-refractivity contribution >= 4 is 11.6 Å². The predicted molar refractivity (Wildman–Crippen MR) is 91.9 cm³/mol. The van der Waals surface area contributed by atoms with Crippen molar-refractivity contribution in [3.63, 3.8) is 0 Å². The number of tetrazole rings is 1. The third-order valence-corrected chi connectivity index (χ3v) is 3.97. The lowest BCUT2D eigenvalue weighted by molar-refractivity contribution is -0.137. The molecule has 9 heteroatoms. The molecule has 1 aromatic heterocycles. The molecule has 27 heavy (non-hydrogen) atoms. The van der Waals surface area contributed by atoms with Gasteiger partial charge in [-0.3, -0.25) is 4.79 Å². The number of rotatable bonds is 5. The maximum Gasteiger partial charge on any atom is 0.416 e. The maximum atomic E-state index is 12.9. The molecule has 1 atom stereocenters. The van der Waals surface area contributed by atoms with E-state index in [4.69, 9.17) is 0 Å². The van der Waals surface area contributed by atoms with E-state index >= 15 is 0 Å². The molecule has 0 bridgehead atoms. The van der Waals surface area contributed by atoms with Crippen LogP contribution in [0.2, 0.25) is 0 Å². The highest BCUT2D eigenvalue weighted by Crippen LogP contribution is 2.31. The van der Waals surface area contributed by atoms with Crippen LogP contribution in [0.15, 0.2) is 48.5 Å². The fourth-order valence-electron chi connectivity index (χ4n) is 2.70. The second kappa shape index (κ2) is 7.56. The second-order valence-corrected chi connectivity index (χ2v) is 6.08. The number of anilines is 1. The number of carbonyl (C=O) groups excluding carboxylic acids is 1. The molecular formula is C18H16F3N5O. The van der Waals surface area contributed by atoms with Crippen LogP contribution in [0, 0.1) is 6.92 Å². The summed E-state index contributed by atoms with van der Waals surface area (Å²) < 4.78 is 38.6. The lowest BCUT2D eigenvalue weighted by atomic mass is 9.96. The summed E-state index contributed by atoms with van der Waals surface area (Å²) in [4.78, 5) is 12.7. The lowest BCUT2D eigenvalue weighted by Crippen LogP contribution is -2.24. The van der Waals surface area contributed by atoms with Gasteiger partial charge in [-0.1, -0.05) is 41.1 Å². The van der Waals surface area contributed by atoms with E-state index in [1.807, 2.05) is 31.2 Å². The van der Waals surface area contributed by atoms with Gasteiger partial charge in [0.15, 0.2) is 5.82 Å². The Hall–Kier alpha value is -3.23. The second-order valence-electron chi connectivity index (χ2n) is 6.08. The smallest absolute Gasteiger partial charge is 0.325 e. The van der Waals surface area contributed by atoms with Gasteiger partial charge in [0.05, 0.1) is 5.56 Å². The zero-order valence-corrected chi connectivity index (χ0v) is 14.3. The zero-order chi connectivity index (χ0) is 19.4. The molecule has 2 aromatic carbocycles. The summed E-state index contributed by atoms with van der Waals surface area (Å²) in [5.74, 6) is -1.15. The molecule has 0 aliphatic heterocycles. The number of nitrogens with zero attached hydrogens (tertiary/aromatic N) is 3. The largest absolute Gasteiger partial charge is 0.416 e. The summed E-state index contributed by atoms with van der Waals surface area (Å²) in [5, 5.41) is 16.0. The third-order valence-electron chi connectivity index (χ3n) is 3.97. The number of benzene rings is 2. The fourth-order valence-corrected chi connectivity index (χ4v) is 2.70. The molecule has 6 nitrogen and oxygen atoms in total. The number of nitrogens with one attached hydrogen (secondary N) is 2. The fraction of sp³-hybridized carbons (Fsp3) is 0.222. The lowest BCUT2D eigenvalue weighted by Gasteiger charge is -2.15. The Morgan fingerprint density at radius 3 is 2.63 bits per heavy atom. The van der Waals surface area contributed by atoms with Crippen molar-refractivity contribution in [1.82, 2.24) is 20.6 Å². The van der Waals surface area contributed by atoms with Gasteiger partial charge < -0.3 is 5.32 Å². The highest BCUT2D eigenvalue weighted by atomic mass is 19.4. The van der Waals surface area contributed by atoms with Crippen LogP contribution in [-0.4, -0.2) is 26.5 Å². The van der Waals surface area contributed by atoms with Crippen LogP contribution in [0.4, 0.5) is 18.9 Å². The van der Waals surface area contributed by atoms with Gasteiger partial charge in [-0.05, 0) is 37.1 Å². The Balaban J connectivity index is 1.84. The van der Waals surface area contributed by atoms with Gasteiger partial charge in [0, 0.05) is 5.69 Å². The van der Waals surface area contributed by atoms with E-state index in [9.17, 15) is 18.0 Å². The van der Waals surface area contributed by atoms with E-state index < -0.39 is 23.6 Å². The van der Waals surface area contributed by atoms with Crippen LogP contribution in [0.25, 0.3) is 0 Å². The van der Waals surface area contributed by atoms with Crippen molar-refractivity contribution in [3.8, 4) is 0 Å². The SMILES string of the molecule is Cc1cccc(CC(C(=O)Nc2cccc(C(F)(F)F)c2)c2nn[nH]n2)c1. The molecule has 0 saturated heterocycles. The number of H-pyrrole nitrogens is 1. The minimum absolute atomic E-state index is 0.0487. The molecule has 0 radical (unpaired) electrons. The number of hydrogen-bond donors (Lipinski definition) is 2. The Bertz CT molecular complexity index is 925. The Morgan fingerprint density at radius 1 is 1.19 bits per heavy atom. The molecule has 0 aliphatic carbocycles. The van der Waals surface area contributed by atoms with Crippen LogP contribution < -0.4 is 5.32 Å². The van der Waals surface area contributed by atoms with E-state index in [1.165, 1.54) is 12.1 Å². The number of hydrogen-bond acceptors (Lipinski definition) is 4. The molecule has 2 N–H and O–H groups in total. The zero-order valence-electron chi connectivity index (χ0n) is 14.3. The Kier molecular flexibility index (Phi) is 5.20. The van der Waals surface area contributed by atoms with Crippen molar-refractivity contribution in [2.45, 2.75) is 25.4 Å². The van der Waals surface area contributed by atoms with Gasteiger partial charge in [0.2, 0.25) is 5.91 Å². The third kappa shape index (κ3) is 4.69. The minimum Gasteiger partial charge on any atom is -0.325 e. The Labute approximate surface area is 152 Å². The first-order valence-corrected chi connectivity index (χ1v) is 8.10. The molecular weight excluding hydrogens is 359 g/mol. The van der Waals surface area contributed by atoms with Crippen LogP contribution >= 0.6 is 0 Å². The molecule has 1 amide bonds. The van der Waals surface area contributed by atoms with E-state index in [2.05, 4.69) is 25.9 Å². The molecule has 1 heterocycles. The van der Waals surface area contributed by atoms with Gasteiger partial charge in [-0.15, -0.1) is 10.2 Å². The van der Waals surface area contributed by atoms with E-state index in [-0.39, 0.29) is 17.9 Å². The van der Waals surface area contributed by atoms with E-state index in [0.29, 0.717) is 0 Å². The van der Waals surface area contributed by atoms with Gasteiger partial charge in [-0.25, -0.2) is 0 Å². The van der Waals surface area contributed by atoms with Crippen LogP contribution in [0.5, 0.6) is 0 Å². The predicted octanol–water partition coefficient (Wildman–Crippen LogP) is 3.49. The average molecular weight is 375 g/mol. The molecule has 0 spiro atoms. The summed E-state index contributed by atoms with van der Waals surface area (Å²) >= 11 is 0. The molecule has 3 rings (SSSR count). The normalized spacial score (nSPS) is 12.6. The maximum absolute atomic E-state index is 12.9. The molecule has 0 fully saturated rings. The van der Waals surface area contributed by atoms with E-state index in [0.717, 1.165) is 23.3 Å². The quantitative estimate of drug-likeness (QED) is 0.715. The van der Waals surface area contributed by atoms with Gasteiger partial charge >= 0.3 is 6.18 Å². The molecule has 1 unspecified atom stereocenters. The Morgan fingerprint density at radius 2 is 1.96 bits per heavy atom. The van der Waals surface area contributed by atoms with Gasteiger partial charge in [0.25, 0.3) is 0 Å². The number of aromatic amines is 1. The number of carbonyl (C=O) groups is 1. The molecule has 0 saturated carbocycles. The number of amides is 1. The number of alkyl halides is 3. The van der Waals surface area contributed by atoms with Crippen molar-refractivity contribution in [2.24, 2.45) is 0 Å². The van der Waals surface area contributed by atoms with Gasteiger partial charge in [-0.2, -0.15) is 18.4 Å². The van der Waals surface area contributed by atoms with Crippen molar-refractivity contribution in [3.05, 3.63) is 71.0 Å². The minimum atomic E-state index is -4.49. The highest BCUT2D eigenvalue weighted by molar-refractivity contribution is 5.95. The summed E-state index contributed by atoms with van der Waals surface area (Å²) in [5.41, 5.74) is 1.12. The van der Waals surface area contributed by atoms with Gasteiger partial charge in [0.1, 0.15) is 5.92 Å². The first-order chi connectivity index (χ1) is 12.8. The average Bonchev–Trinajstić information content (AvgIpc) is 3.13. The first kappa shape index (κ1) is 18.6. The number of halogens is 3. The van der Waals surface area contributed by atoms with Crippen LogP contribution in [-0.2, 0) is 17.4 Å². The standard InChI is InChI=1S/C18H16F3N5O/c1-11-4-2-5-12(8-11)9-15(16-23-25-26-24-16)17(27)22-14-7-3-6-13(10-14)18(19,20)21/h2-8,10,15H,9H2,1H3,(H,22,27)(H,23,24,25,26). The van der Waals surface area contributed by atoms with Crippen molar-refractivity contribution < 1.29 is 18.0 Å². The van der Waals surface area contributed by atoms with E-state index in [1.54, 1.807) is 0 Å². The molecule has 0 aliphatic rings. The number of aryl methyl sites for hydroxylation is 1. The highest BCUT2D eigenvalue weighted by Gasteiger charge is 2.31. The summed E-state index contributed by atoms with van der Waals surface area (Å²) in [6.45, 7) is 1.93.